The van der Waals surface area contributed by atoms with Crippen molar-refractivity contribution in [3.8, 4) is 0 Å². The summed E-state index contributed by atoms with van der Waals surface area (Å²) in [6, 6.07) is 7.54. The Morgan fingerprint density at radius 2 is 2.04 bits per heavy atom. The van der Waals surface area contributed by atoms with Gasteiger partial charge in [-0.3, -0.25) is 9.59 Å². The topological polar surface area (TPSA) is 127 Å². The molecule has 1 heterocycles. The van der Waals surface area contributed by atoms with E-state index in [-0.39, 0.29) is 19.6 Å². The van der Waals surface area contributed by atoms with Gasteiger partial charge >= 0.3 is 0 Å². The Bertz CT molecular complexity index is 711. The number of hydrogen-bond acceptors (Lipinski definition) is 7. The van der Waals surface area contributed by atoms with Crippen LogP contribution in [-0.2, 0) is 27.3 Å². The van der Waals surface area contributed by atoms with Crippen LogP contribution in [0, 0.1) is 0 Å². The van der Waals surface area contributed by atoms with Crippen LogP contribution < -0.4 is 16.4 Å². The third-order valence-electron chi connectivity index (χ3n) is 3.86. The lowest BCUT2D eigenvalue weighted by molar-refractivity contribution is -0.132. The Labute approximate surface area is 161 Å². The number of rotatable bonds is 10. The highest BCUT2D eigenvalue weighted by Crippen LogP contribution is 2.08. The Morgan fingerprint density at radius 1 is 1.30 bits per heavy atom. The molecule has 0 saturated heterocycles. The number of ether oxygens (including phenoxy) is 1. The summed E-state index contributed by atoms with van der Waals surface area (Å²) in [5.41, 5.74) is 6.61. The van der Waals surface area contributed by atoms with Crippen molar-refractivity contribution in [2.75, 3.05) is 13.7 Å². The van der Waals surface area contributed by atoms with Crippen molar-refractivity contribution in [2.45, 2.75) is 31.2 Å². The number of methoxy groups -OCH3 is 1. The van der Waals surface area contributed by atoms with Gasteiger partial charge in [0.1, 0.15) is 11.0 Å². The molecule has 0 aliphatic rings. The number of hydrogen-bond donors (Lipinski definition) is 4. The van der Waals surface area contributed by atoms with Crippen LogP contribution in [0.1, 0.15) is 10.6 Å². The van der Waals surface area contributed by atoms with Crippen LogP contribution in [0.4, 0.5) is 0 Å². The number of carbonyl (C=O) groups excluding carboxylic acids is 2. The normalized spacial score (nSPS) is 14.2. The fourth-order valence-electron chi connectivity index (χ4n) is 2.44. The van der Waals surface area contributed by atoms with Gasteiger partial charge in [-0.1, -0.05) is 30.3 Å². The number of nitrogens with one attached hydrogen (secondary N) is 2. The summed E-state index contributed by atoms with van der Waals surface area (Å²) in [6.07, 6.45) is 0.472. The van der Waals surface area contributed by atoms with E-state index in [9.17, 15) is 14.7 Å². The van der Waals surface area contributed by atoms with Gasteiger partial charge in [0.15, 0.2) is 6.10 Å². The fourth-order valence-corrected chi connectivity index (χ4v) is 3.00. The van der Waals surface area contributed by atoms with Crippen molar-refractivity contribution >= 4 is 23.2 Å². The van der Waals surface area contributed by atoms with Crippen molar-refractivity contribution in [3.05, 3.63) is 52.5 Å². The van der Waals surface area contributed by atoms with Crippen LogP contribution in [0.2, 0.25) is 0 Å². The van der Waals surface area contributed by atoms with Gasteiger partial charge in [0, 0.05) is 18.7 Å². The molecule has 0 saturated carbocycles. The molecule has 0 aliphatic carbocycles. The summed E-state index contributed by atoms with van der Waals surface area (Å²) in [5, 5.41) is 18.3. The van der Waals surface area contributed by atoms with Crippen LogP contribution in [0.25, 0.3) is 0 Å². The molecule has 0 fully saturated rings. The van der Waals surface area contributed by atoms with Gasteiger partial charge in [0.05, 0.1) is 19.2 Å². The monoisotopic (exact) mass is 392 g/mol. The predicted molar refractivity (Wildman–Crippen MR) is 102 cm³/mol. The van der Waals surface area contributed by atoms with Crippen LogP contribution in [0.15, 0.2) is 41.9 Å². The van der Waals surface area contributed by atoms with Gasteiger partial charge in [-0.25, -0.2) is 4.98 Å². The van der Waals surface area contributed by atoms with Crippen LogP contribution in [-0.4, -0.2) is 53.8 Å². The third kappa shape index (κ3) is 6.72. The van der Waals surface area contributed by atoms with Gasteiger partial charge in [-0.2, -0.15) is 0 Å². The minimum Gasteiger partial charge on any atom is -0.383 e. The lowest BCUT2D eigenvalue weighted by atomic mass is 10.00. The summed E-state index contributed by atoms with van der Waals surface area (Å²) >= 11 is 1.40. The summed E-state index contributed by atoms with van der Waals surface area (Å²) in [7, 11) is 1.44. The second-order valence-corrected chi connectivity index (χ2v) is 6.93. The molecule has 2 aromatic rings. The van der Waals surface area contributed by atoms with E-state index in [0.29, 0.717) is 0 Å². The molecule has 5 N–H and O–H groups in total. The first-order chi connectivity index (χ1) is 13.0. The van der Waals surface area contributed by atoms with Gasteiger partial charge in [0.25, 0.3) is 5.91 Å². The number of aliphatic hydroxyl groups is 1. The minimum absolute atomic E-state index is 0.0379. The Morgan fingerprint density at radius 3 is 2.67 bits per heavy atom. The molecule has 1 aromatic carbocycles. The Kier molecular flexibility index (Phi) is 8.34. The first-order valence-corrected chi connectivity index (χ1v) is 9.32. The van der Waals surface area contributed by atoms with E-state index >= 15 is 0 Å². The number of aromatic nitrogens is 1. The molecule has 0 bridgehead atoms. The molecule has 9 heteroatoms. The number of benzene rings is 1. The fraction of sp³-hybridized carbons (Fsp3) is 0.389. The molecule has 0 radical (unpaired) electrons. The molecular formula is C18H24N4O4S. The van der Waals surface area contributed by atoms with E-state index in [1.165, 1.54) is 18.4 Å². The first-order valence-electron chi connectivity index (χ1n) is 8.44. The van der Waals surface area contributed by atoms with Gasteiger partial charge in [-0.05, 0) is 12.0 Å². The van der Waals surface area contributed by atoms with Crippen molar-refractivity contribution in [3.63, 3.8) is 0 Å². The zero-order valence-electron chi connectivity index (χ0n) is 15.0. The zero-order valence-corrected chi connectivity index (χ0v) is 15.8. The predicted octanol–water partition coefficient (Wildman–Crippen LogP) is -0.179. The van der Waals surface area contributed by atoms with Crippen molar-refractivity contribution in [1.82, 2.24) is 15.6 Å². The highest BCUT2D eigenvalue weighted by Gasteiger charge is 2.29. The Balaban J connectivity index is 2.04. The quantitative estimate of drug-likeness (QED) is 0.444. The van der Waals surface area contributed by atoms with Crippen LogP contribution in [0.5, 0.6) is 0 Å². The maximum Gasteiger partial charge on any atom is 0.251 e. The maximum atomic E-state index is 12.4. The average Bonchev–Trinajstić information content (AvgIpc) is 3.19. The van der Waals surface area contributed by atoms with Crippen molar-refractivity contribution in [2.24, 2.45) is 5.73 Å². The molecule has 3 atom stereocenters. The van der Waals surface area contributed by atoms with Crippen molar-refractivity contribution < 1.29 is 19.4 Å². The molecule has 0 spiro atoms. The second-order valence-electron chi connectivity index (χ2n) is 5.96. The number of aliphatic hydroxyl groups excluding tert-OH is 1. The molecule has 2 rings (SSSR count). The van der Waals surface area contributed by atoms with Crippen molar-refractivity contribution in [1.29, 1.82) is 0 Å². The summed E-state index contributed by atoms with van der Waals surface area (Å²) in [4.78, 5) is 28.7. The number of nitrogens with zero attached hydrogens (tertiary/aromatic N) is 1. The zero-order chi connectivity index (χ0) is 19.6. The number of amides is 2. The lowest BCUT2D eigenvalue weighted by Crippen LogP contribution is -2.55. The SMILES string of the molecule is COC[C@@H](N)C(=O)NC(Cc1ccccc1)C(O)C(=O)NCc1nccs1. The molecule has 146 valence electrons. The molecule has 1 aromatic heterocycles. The van der Waals surface area contributed by atoms with E-state index < -0.39 is 30.0 Å². The number of thiazole rings is 1. The molecule has 2 amide bonds. The third-order valence-corrected chi connectivity index (χ3v) is 4.64. The van der Waals surface area contributed by atoms with E-state index in [4.69, 9.17) is 10.5 Å². The minimum atomic E-state index is -1.44. The molecule has 0 aliphatic heterocycles. The summed E-state index contributed by atoms with van der Waals surface area (Å²) in [5.74, 6) is -1.09. The van der Waals surface area contributed by atoms with Crippen LogP contribution in [0.3, 0.4) is 0 Å². The van der Waals surface area contributed by atoms with Gasteiger partial charge < -0.3 is 26.2 Å². The van der Waals surface area contributed by atoms with E-state index in [0.717, 1.165) is 10.6 Å². The van der Waals surface area contributed by atoms with Gasteiger partial charge in [-0.15, -0.1) is 11.3 Å². The van der Waals surface area contributed by atoms with E-state index in [1.807, 2.05) is 30.3 Å². The first kappa shape index (κ1) is 21.0. The smallest absolute Gasteiger partial charge is 0.251 e. The standard InChI is InChI=1S/C18H24N4O4S/c1-26-11-13(19)17(24)22-14(9-12-5-3-2-4-6-12)16(23)18(25)21-10-15-20-7-8-27-15/h2-8,13-14,16,23H,9-11,19H2,1H3,(H,21,25)(H,22,24)/t13-,14?,16?/m1/s1. The number of carbonyl (C=O) groups is 2. The Hall–Kier alpha value is -2.33. The molecular weight excluding hydrogens is 368 g/mol. The second kappa shape index (κ2) is 10.7. The highest BCUT2D eigenvalue weighted by molar-refractivity contribution is 7.09. The molecule has 8 nitrogen and oxygen atoms in total. The molecule has 2 unspecified atom stereocenters. The average molecular weight is 392 g/mol. The van der Waals surface area contributed by atoms with E-state index in [2.05, 4.69) is 15.6 Å². The number of nitrogens with two attached hydrogens (primary N) is 1. The maximum absolute atomic E-state index is 12.4. The lowest BCUT2D eigenvalue weighted by Gasteiger charge is -2.25. The largest absolute Gasteiger partial charge is 0.383 e. The summed E-state index contributed by atoms with van der Waals surface area (Å²) in [6.45, 7) is 0.249. The molecule has 27 heavy (non-hydrogen) atoms. The summed E-state index contributed by atoms with van der Waals surface area (Å²) < 4.78 is 4.88. The van der Waals surface area contributed by atoms with E-state index in [1.54, 1.807) is 11.6 Å². The van der Waals surface area contributed by atoms with Crippen LogP contribution >= 0.6 is 11.3 Å². The van der Waals surface area contributed by atoms with Gasteiger partial charge in [0.2, 0.25) is 5.91 Å². The highest BCUT2D eigenvalue weighted by atomic mass is 32.1.